The molecule has 0 aromatic carbocycles. The highest BCUT2D eigenvalue weighted by atomic mass is 16.1. The minimum atomic E-state index is -0.0634. The molecular formula is C15H25N5O. The molecule has 1 aliphatic rings. The molecule has 1 fully saturated rings. The Bertz CT molecular complexity index is 491. The normalized spacial score (nSPS) is 18.7. The van der Waals surface area contributed by atoms with E-state index >= 15 is 0 Å². The van der Waals surface area contributed by atoms with Gasteiger partial charge in [0, 0.05) is 23.8 Å². The number of pyridine rings is 1. The average Bonchev–Trinajstić information content (AvgIpc) is 2.90. The third-order valence-corrected chi connectivity index (χ3v) is 3.96. The molecule has 1 amide bonds. The Morgan fingerprint density at radius 1 is 1.52 bits per heavy atom. The second-order valence-electron chi connectivity index (χ2n) is 5.61. The van der Waals surface area contributed by atoms with Crippen molar-refractivity contribution < 1.29 is 4.79 Å². The maximum Gasteiger partial charge on any atom is 0.251 e. The zero-order chi connectivity index (χ0) is 15.2. The number of amides is 1. The lowest BCUT2D eigenvalue weighted by molar-refractivity contribution is 0.0943. The zero-order valence-electron chi connectivity index (χ0n) is 12.9. The van der Waals surface area contributed by atoms with Crippen LogP contribution in [-0.2, 0) is 6.42 Å². The van der Waals surface area contributed by atoms with Gasteiger partial charge < -0.3 is 15.6 Å². The summed E-state index contributed by atoms with van der Waals surface area (Å²) in [7, 11) is 2.10. The molecule has 0 bridgehead atoms. The first-order valence-corrected chi connectivity index (χ1v) is 7.60. The number of nitrogens with two attached hydrogens (primary N) is 1. The predicted octanol–water partition coefficient (Wildman–Crippen LogP) is 1.14. The summed E-state index contributed by atoms with van der Waals surface area (Å²) in [6.45, 7) is 3.88. The topological polar surface area (TPSA) is 83.3 Å². The van der Waals surface area contributed by atoms with Gasteiger partial charge in [0.15, 0.2) is 0 Å². The van der Waals surface area contributed by atoms with E-state index in [1.807, 2.05) is 6.07 Å². The van der Waals surface area contributed by atoms with Crippen molar-refractivity contribution in [3.05, 3.63) is 23.4 Å². The number of aromatic nitrogens is 1. The average molecular weight is 291 g/mol. The molecular weight excluding hydrogens is 266 g/mol. The van der Waals surface area contributed by atoms with Crippen molar-refractivity contribution in [1.82, 2.24) is 15.2 Å². The molecule has 116 valence electrons. The van der Waals surface area contributed by atoms with Crippen LogP contribution < -0.4 is 16.6 Å². The zero-order valence-corrected chi connectivity index (χ0v) is 12.9. The highest BCUT2D eigenvalue weighted by Crippen LogP contribution is 2.15. The molecule has 2 heterocycles. The van der Waals surface area contributed by atoms with Crippen LogP contribution in [0.25, 0.3) is 0 Å². The Morgan fingerprint density at radius 2 is 2.33 bits per heavy atom. The molecule has 1 aromatic heterocycles. The standard InChI is InChI=1S/C15H25N5O/c1-3-5-12-8-11(9-14(18-12)19-16)15(21)17-10-13-6-4-7-20(13)2/h8-9,13H,3-7,10,16H2,1-2H3,(H,17,21)(H,18,19). The number of aryl methyl sites for hydroxylation is 1. The van der Waals surface area contributed by atoms with Crippen LogP contribution in [0.3, 0.4) is 0 Å². The first kappa shape index (κ1) is 15.7. The van der Waals surface area contributed by atoms with Gasteiger partial charge in [-0.1, -0.05) is 13.3 Å². The Kier molecular flexibility index (Phi) is 5.52. The second kappa shape index (κ2) is 7.38. The van der Waals surface area contributed by atoms with Crippen molar-refractivity contribution in [2.45, 2.75) is 38.6 Å². The molecule has 0 radical (unpaired) electrons. The molecule has 6 heteroatoms. The van der Waals surface area contributed by atoms with Crippen molar-refractivity contribution >= 4 is 11.7 Å². The summed E-state index contributed by atoms with van der Waals surface area (Å²) in [5.74, 6) is 5.89. The van der Waals surface area contributed by atoms with Gasteiger partial charge in [-0.25, -0.2) is 10.8 Å². The highest BCUT2D eigenvalue weighted by molar-refractivity contribution is 5.95. The van der Waals surface area contributed by atoms with E-state index < -0.39 is 0 Å². The van der Waals surface area contributed by atoms with E-state index in [0.717, 1.165) is 31.5 Å². The summed E-state index contributed by atoms with van der Waals surface area (Å²) in [5.41, 5.74) is 4.02. The molecule has 0 saturated carbocycles. The van der Waals surface area contributed by atoms with E-state index in [-0.39, 0.29) is 5.91 Å². The lowest BCUT2D eigenvalue weighted by Gasteiger charge is -2.19. The largest absolute Gasteiger partial charge is 0.350 e. The summed E-state index contributed by atoms with van der Waals surface area (Å²) in [6.07, 6.45) is 4.16. The van der Waals surface area contributed by atoms with Crippen LogP contribution in [-0.4, -0.2) is 42.0 Å². The van der Waals surface area contributed by atoms with Crippen molar-refractivity contribution in [3.63, 3.8) is 0 Å². The molecule has 2 rings (SSSR count). The molecule has 1 saturated heterocycles. The predicted molar refractivity (Wildman–Crippen MR) is 84.0 cm³/mol. The third kappa shape index (κ3) is 4.15. The number of likely N-dealkylation sites (N-methyl/N-ethyl adjacent to an activating group) is 1. The summed E-state index contributed by atoms with van der Waals surface area (Å²) < 4.78 is 0. The molecule has 1 unspecified atom stereocenters. The molecule has 21 heavy (non-hydrogen) atoms. The van der Waals surface area contributed by atoms with Gasteiger partial charge in [0.2, 0.25) is 0 Å². The Labute approximate surface area is 126 Å². The van der Waals surface area contributed by atoms with Crippen LogP contribution in [0.5, 0.6) is 0 Å². The van der Waals surface area contributed by atoms with E-state index in [4.69, 9.17) is 5.84 Å². The van der Waals surface area contributed by atoms with Gasteiger partial charge in [-0.3, -0.25) is 4.79 Å². The number of hydrogen-bond donors (Lipinski definition) is 3. The molecule has 1 atom stereocenters. The summed E-state index contributed by atoms with van der Waals surface area (Å²) in [6, 6.07) is 3.98. The Morgan fingerprint density at radius 3 is 2.95 bits per heavy atom. The monoisotopic (exact) mass is 291 g/mol. The first-order chi connectivity index (χ1) is 10.1. The van der Waals surface area contributed by atoms with E-state index in [1.165, 1.54) is 6.42 Å². The lowest BCUT2D eigenvalue weighted by atomic mass is 10.1. The fourth-order valence-corrected chi connectivity index (χ4v) is 2.73. The number of hydrazine groups is 1. The number of anilines is 1. The van der Waals surface area contributed by atoms with Gasteiger partial charge in [-0.15, -0.1) is 0 Å². The highest BCUT2D eigenvalue weighted by Gasteiger charge is 2.21. The maximum atomic E-state index is 12.3. The van der Waals surface area contributed by atoms with E-state index in [9.17, 15) is 4.79 Å². The summed E-state index contributed by atoms with van der Waals surface area (Å²) in [4.78, 5) is 18.9. The van der Waals surface area contributed by atoms with Crippen molar-refractivity contribution in [2.75, 3.05) is 25.6 Å². The van der Waals surface area contributed by atoms with Crippen molar-refractivity contribution in [3.8, 4) is 0 Å². The number of nitrogens with zero attached hydrogens (tertiary/aromatic N) is 2. The smallest absolute Gasteiger partial charge is 0.251 e. The van der Waals surface area contributed by atoms with Crippen molar-refractivity contribution in [2.24, 2.45) is 5.84 Å². The van der Waals surface area contributed by atoms with Gasteiger partial charge in [0.05, 0.1) is 0 Å². The minimum Gasteiger partial charge on any atom is -0.350 e. The molecule has 1 aromatic rings. The Balaban J connectivity index is 2.02. The SMILES string of the molecule is CCCc1cc(C(=O)NCC2CCCN2C)cc(NN)n1. The molecule has 0 spiro atoms. The van der Waals surface area contributed by atoms with Gasteiger partial charge in [0.25, 0.3) is 5.91 Å². The van der Waals surface area contributed by atoms with E-state index in [1.54, 1.807) is 6.07 Å². The molecule has 1 aliphatic heterocycles. The van der Waals surface area contributed by atoms with Crippen LogP contribution in [0.2, 0.25) is 0 Å². The minimum absolute atomic E-state index is 0.0634. The van der Waals surface area contributed by atoms with Gasteiger partial charge >= 0.3 is 0 Å². The van der Waals surface area contributed by atoms with Crippen LogP contribution in [0.15, 0.2) is 12.1 Å². The molecule has 0 aliphatic carbocycles. The van der Waals surface area contributed by atoms with Gasteiger partial charge in [-0.2, -0.15) is 0 Å². The van der Waals surface area contributed by atoms with Gasteiger partial charge in [-0.05, 0) is 45.0 Å². The second-order valence-corrected chi connectivity index (χ2v) is 5.61. The number of likely N-dealkylation sites (tertiary alicyclic amines) is 1. The number of hydrogen-bond acceptors (Lipinski definition) is 5. The first-order valence-electron chi connectivity index (χ1n) is 7.60. The number of carbonyl (C=O) groups is 1. The van der Waals surface area contributed by atoms with E-state index in [0.29, 0.717) is 24.0 Å². The Hall–Kier alpha value is -1.66. The van der Waals surface area contributed by atoms with Crippen LogP contribution in [0, 0.1) is 0 Å². The maximum absolute atomic E-state index is 12.3. The van der Waals surface area contributed by atoms with E-state index in [2.05, 4.69) is 34.6 Å². The number of carbonyl (C=O) groups excluding carboxylic acids is 1. The lowest BCUT2D eigenvalue weighted by Crippen LogP contribution is -2.38. The molecule has 4 N–H and O–H groups in total. The quantitative estimate of drug-likeness (QED) is 0.541. The number of nitrogens with one attached hydrogen (secondary N) is 2. The van der Waals surface area contributed by atoms with Gasteiger partial charge in [0.1, 0.15) is 5.82 Å². The summed E-state index contributed by atoms with van der Waals surface area (Å²) >= 11 is 0. The van der Waals surface area contributed by atoms with Crippen LogP contribution in [0.4, 0.5) is 5.82 Å². The van der Waals surface area contributed by atoms with Crippen LogP contribution >= 0.6 is 0 Å². The number of rotatable bonds is 6. The third-order valence-electron chi connectivity index (χ3n) is 3.96. The van der Waals surface area contributed by atoms with Crippen LogP contribution in [0.1, 0.15) is 42.2 Å². The number of nitrogen functional groups attached to an aromatic ring is 1. The van der Waals surface area contributed by atoms with Crippen molar-refractivity contribution in [1.29, 1.82) is 0 Å². The fraction of sp³-hybridized carbons (Fsp3) is 0.600. The molecule has 6 nitrogen and oxygen atoms in total. The summed E-state index contributed by atoms with van der Waals surface area (Å²) in [5, 5.41) is 3.01. The fourth-order valence-electron chi connectivity index (χ4n) is 2.73.